The number of halogens is 2. The molecule has 1 amide bonds. The fourth-order valence-electron chi connectivity index (χ4n) is 2.36. The van der Waals surface area contributed by atoms with Crippen molar-refractivity contribution in [3.8, 4) is 0 Å². The molecular formula is C18H20F2N2O2. The molecule has 6 heteroatoms. The van der Waals surface area contributed by atoms with Crippen LogP contribution in [0.2, 0.25) is 0 Å². The number of amides is 1. The highest BCUT2D eigenvalue weighted by Crippen LogP contribution is 2.29. The number of aliphatic hydroxyl groups is 1. The lowest BCUT2D eigenvalue weighted by Gasteiger charge is -2.24. The van der Waals surface area contributed by atoms with E-state index in [0.29, 0.717) is 12.0 Å². The first-order valence-corrected chi connectivity index (χ1v) is 7.59. The third kappa shape index (κ3) is 3.71. The van der Waals surface area contributed by atoms with Crippen molar-refractivity contribution in [2.75, 3.05) is 5.73 Å². The van der Waals surface area contributed by atoms with Gasteiger partial charge >= 0.3 is 0 Å². The average Bonchev–Trinajstić information content (AvgIpc) is 2.53. The Hall–Kier alpha value is -2.47. The van der Waals surface area contributed by atoms with E-state index >= 15 is 0 Å². The normalized spacial score (nSPS) is 13.4. The Morgan fingerprint density at radius 1 is 1.25 bits per heavy atom. The van der Waals surface area contributed by atoms with E-state index in [1.54, 1.807) is 13.0 Å². The summed E-state index contributed by atoms with van der Waals surface area (Å²) in [5, 5.41) is 12.7. The second-order valence-corrected chi connectivity index (χ2v) is 5.81. The Labute approximate surface area is 139 Å². The van der Waals surface area contributed by atoms with Crippen molar-refractivity contribution < 1.29 is 18.7 Å². The van der Waals surface area contributed by atoms with Gasteiger partial charge in [0.25, 0.3) is 5.91 Å². The number of rotatable bonds is 5. The largest absolute Gasteiger partial charge is 0.398 e. The van der Waals surface area contributed by atoms with Crippen LogP contribution < -0.4 is 11.1 Å². The van der Waals surface area contributed by atoms with Crippen LogP contribution in [0.4, 0.5) is 14.5 Å². The first-order chi connectivity index (χ1) is 11.3. The first kappa shape index (κ1) is 17.9. The van der Waals surface area contributed by atoms with Gasteiger partial charge in [-0.25, -0.2) is 8.78 Å². The maximum Gasteiger partial charge on any atom is 0.251 e. The molecule has 0 aliphatic rings. The van der Waals surface area contributed by atoms with Crippen LogP contribution in [-0.4, -0.2) is 11.0 Å². The summed E-state index contributed by atoms with van der Waals surface area (Å²) in [4.78, 5) is 12.1. The van der Waals surface area contributed by atoms with Gasteiger partial charge in [0.15, 0.2) is 0 Å². The van der Waals surface area contributed by atoms with Crippen LogP contribution in [0.15, 0.2) is 36.4 Å². The van der Waals surface area contributed by atoms with Crippen LogP contribution in [0.25, 0.3) is 0 Å². The number of nitrogens with two attached hydrogens (primary N) is 1. The standard InChI is InChI=1S/C18H20F2N2O2/c1-3-18(2,24)13-8-7-11(9-16(13)21)17(23)22-10-12-14(19)5-4-6-15(12)20/h4-9,24H,3,10,21H2,1-2H3,(H,22,23). The van der Waals surface area contributed by atoms with Crippen molar-refractivity contribution in [3.63, 3.8) is 0 Å². The lowest BCUT2D eigenvalue weighted by molar-refractivity contribution is 0.0538. The quantitative estimate of drug-likeness (QED) is 0.736. The van der Waals surface area contributed by atoms with Gasteiger partial charge in [0.05, 0.1) is 5.60 Å². The molecule has 0 fully saturated rings. The van der Waals surface area contributed by atoms with Crippen molar-refractivity contribution in [1.29, 1.82) is 0 Å². The lowest BCUT2D eigenvalue weighted by Crippen LogP contribution is -2.25. The maximum atomic E-state index is 13.6. The molecule has 2 aromatic carbocycles. The molecule has 4 nitrogen and oxygen atoms in total. The van der Waals surface area contributed by atoms with Gasteiger partial charge in [-0.1, -0.05) is 19.1 Å². The van der Waals surface area contributed by atoms with E-state index in [9.17, 15) is 18.7 Å². The minimum absolute atomic E-state index is 0.204. The van der Waals surface area contributed by atoms with Crippen molar-refractivity contribution in [3.05, 3.63) is 64.7 Å². The number of hydrogen-bond donors (Lipinski definition) is 3. The maximum absolute atomic E-state index is 13.6. The van der Waals surface area contributed by atoms with Gasteiger partial charge in [-0.3, -0.25) is 4.79 Å². The SMILES string of the molecule is CCC(C)(O)c1ccc(C(=O)NCc2c(F)cccc2F)cc1N. The summed E-state index contributed by atoms with van der Waals surface area (Å²) in [5.74, 6) is -1.94. The van der Waals surface area contributed by atoms with Crippen LogP contribution in [0, 0.1) is 11.6 Å². The van der Waals surface area contributed by atoms with E-state index in [1.165, 1.54) is 18.2 Å². The van der Waals surface area contributed by atoms with Gasteiger partial charge in [0.2, 0.25) is 0 Å². The van der Waals surface area contributed by atoms with Gasteiger partial charge in [-0.15, -0.1) is 0 Å². The molecule has 0 aliphatic carbocycles. The molecule has 0 heterocycles. The molecule has 0 spiro atoms. The number of nitrogens with one attached hydrogen (secondary N) is 1. The van der Waals surface area contributed by atoms with Gasteiger partial charge in [0, 0.05) is 28.9 Å². The van der Waals surface area contributed by atoms with Gasteiger partial charge in [0.1, 0.15) is 11.6 Å². The number of benzene rings is 2. The molecule has 0 saturated carbocycles. The molecular weight excluding hydrogens is 314 g/mol. The first-order valence-electron chi connectivity index (χ1n) is 7.59. The highest BCUT2D eigenvalue weighted by Gasteiger charge is 2.23. The molecule has 2 aromatic rings. The number of nitrogen functional groups attached to an aromatic ring is 1. The van der Waals surface area contributed by atoms with Gasteiger partial charge < -0.3 is 16.2 Å². The summed E-state index contributed by atoms with van der Waals surface area (Å²) < 4.78 is 27.1. The Morgan fingerprint density at radius 2 is 1.88 bits per heavy atom. The molecule has 0 radical (unpaired) electrons. The van der Waals surface area contributed by atoms with Crippen molar-refractivity contribution in [1.82, 2.24) is 5.32 Å². The van der Waals surface area contributed by atoms with E-state index in [-0.39, 0.29) is 23.4 Å². The number of anilines is 1. The Morgan fingerprint density at radius 3 is 2.42 bits per heavy atom. The summed E-state index contributed by atoms with van der Waals surface area (Å²) in [6, 6.07) is 8.05. The Bertz CT molecular complexity index is 740. The van der Waals surface area contributed by atoms with E-state index in [0.717, 1.165) is 12.1 Å². The van der Waals surface area contributed by atoms with Crippen molar-refractivity contribution >= 4 is 11.6 Å². The zero-order valence-electron chi connectivity index (χ0n) is 13.6. The number of hydrogen-bond acceptors (Lipinski definition) is 3. The Kier molecular flexibility index (Phi) is 5.19. The zero-order valence-corrected chi connectivity index (χ0v) is 13.6. The summed E-state index contributed by atoms with van der Waals surface area (Å²) in [5.41, 5.74) is 5.69. The van der Waals surface area contributed by atoms with Crippen LogP contribution in [0.3, 0.4) is 0 Å². The highest BCUT2D eigenvalue weighted by atomic mass is 19.1. The summed E-state index contributed by atoms with van der Waals surface area (Å²) >= 11 is 0. The monoisotopic (exact) mass is 334 g/mol. The predicted octanol–water partition coefficient (Wildman–Crippen LogP) is 3.09. The molecule has 0 bridgehead atoms. The topological polar surface area (TPSA) is 75.3 Å². The van der Waals surface area contributed by atoms with E-state index in [2.05, 4.69) is 5.32 Å². The summed E-state index contributed by atoms with van der Waals surface area (Å²) in [7, 11) is 0. The second-order valence-electron chi connectivity index (χ2n) is 5.81. The molecule has 128 valence electrons. The highest BCUT2D eigenvalue weighted by molar-refractivity contribution is 5.95. The molecule has 24 heavy (non-hydrogen) atoms. The van der Waals surface area contributed by atoms with E-state index < -0.39 is 23.1 Å². The van der Waals surface area contributed by atoms with Gasteiger partial charge in [-0.2, -0.15) is 0 Å². The van der Waals surface area contributed by atoms with Crippen LogP contribution in [0.1, 0.15) is 41.8 Å². The molecule has 1 atom stereocenters. The zero-order chi connectivity index (χ0) is 17.9. The van der Waals surface area contributed by atoms with Crippen molar-refractivity contribution in [2.45, 2.75) is 32.4 Å². The lowest BCUT2D eigenvalue weighted by atomic mass is 9.91. The third-order valence-corrected chi connectivity index (χ3v) is 4.07. The minimum Gasteiger partial charge on any atom is -0.398 e. The number of carbonyl (C=O) groups is 1. The van der Waals surface area contributed by atoms with E-state index in [4.69, 9.17) is 5.73 Å². The molecule has 4 N–H and O–H groups in total. The van der Waals surface area contributed by atoms with Crippen LogP contribution in [-0.2, 0) is 12.1 Å². The Balaban J connectivity index is 2.15. The van der Waals surface area contributed by atoms with Gasteiger partial charge in [-0.05, 0) is 37.6 Å². The van der Waals surface area contributed by atoms with E-state index in [1.807, 2.05) is 6.92 Å². The number of carbonyl (C=O) groups excluding carboxylic acids is 1. The van der Waals surface area contributed by atoms with Crippen molar-refractivity contribution in [2.24, 2.45) is 0 Å². The molecule has 2 rings (SSSR count). The third-order valence-electron chi connectivity index (χ3n) is 4.07. The van der Waals surface area contributed by atoms with Crippen LogP contribution in [0.5, 0.6) is 0 Å². The fraction of sp³-hybridized carbons (Fsp3) is 0.278. The smallest absolute Gasteiger partial charge is 0.251 e. The molecule has 0 saturated heterocycles. The predicted molar refractivity (Wildman–Crippen MR) is 88.2 cm³/mol. The minimum atomic E-state index is -1.09. The molecule has 1 unspecified atom stereocenters. The molecule has 0 aromatic heterocycles. The second kappa shape index (κ2) is 6.97. The summed E-state index contributed by atoms with van der Waals surface area (Å²) in [6.45, 7) is 3.19. The summed E-state index contributed by atoms with van der Waals surface area (Å²) in [6.07, 6.45) is 0.468. The fourth-order valence-corrected chi connectivity index (χ4v) is 2.36. The molecule has 0 aliphatic heterocycles. The average molecular weight is 334 g/mol. The van der Waals surface area contributed by atoms with Crippen LogP contribution >= 0.6 is 0 Å².